The molecule has 2 atom stereocenters. The fraction of sp³-hybridized carbons (Fsp3) is 0.320. The maximum absolute atomic E-state index is 13.2. The Kier molecular flexibility index (Phi) is 6.92. The third-order valence-electron chi connectivity index (χ3n) is 6.09. The van der Waals surface area contributed by atoms with Crippen LogP contribution in [0.3, 0.4) is 0 Å². The van der Waals surface area contributed by atoms with Gasteiger partial charge in [0.05, 0.1) is 11.5 Å². The van der Waals surface area contributed by atoms with Crippen molar-refractivity contribution in [1.82, 2.24) is 0 Å². The lowest BCUT2D eigenvalue weighted by Gasteiger charge is -2.27. The molecule has 1 fully saturated rings. The molecule has 0 spiro atoms. The van der Waals surface area contributed by atoms with Gasteiger partial charge >= 0.3 is 5.97 Å². The van der Waals surface area contributed by atoms with Crippen LogP contribution >= 0.6 is 22.9 Å². The summed E-state index contributed by atoms with van der Waals surface area (Å²) in [5.41, 5.74) is 1.22. The first-order valence-corrected chi connectivity index (χ1v) is 12.0. The van der Waals surface area contributed by atoms with Crippen LogP contribution in [0.1, 0.15) is 47.3 Å². The predicted octanol–water partition coefficient (Wildman–Crippen LogP) is 6.20. The average Bonchev–Trinajstić information content (AvgIpc) is 3.17. The molecule has 0 aliphatic heterocycles. The van der Waals surface area contributed by atoms with Gasteiger partial charge in [0, 0.05) is 38.0 Å². The van der Waals surface area contributed by atoms with Crippen LogP contribution in [0.25, 0.3) is 10.1 Å². The number of carbonyl (C=O) groups is 3. The lowest BCUT2D eigenvalue weighted by molar-refractivity contribution is -0.148. The number of anilines is 1. The minimum Gasteiger partial charge on any atom is -0.481 e. The third-order valence-corrected chi connectivity index (χ3v) is 7.58. The highest BCUT2D eigenvalue weighted by atomic mass is 35.5. The van der Waals surface area contributed by atoms with Crippen molar-refractivity contribution in [2.75, 3.05) is 5.32 Å². The zero-order chi connectivity index (χ0) is 22.7. The second-order valence-electron chi connectivity index (χ2n) is 8.16. The lowest BCUT2D eigenvalue weighted by atomic mass is 9.76. The predicted molar refractivity (Wildman–Crippen MR) is 128 cm³/mol. The largest absolute Gasteiger partial charge is 0.481 e. The van der Waals surface area contributed by atoms with E-state index in [0.717, 1.165) is 27.8 Å². The fourth-order valence-corrected chi connectivity index (χ4v) is 5.81. The maximum Gasteiger partial charge on any atom is 0.307 e. The van der Waals surface area contributed by atoms with Crippen molar-refractivity contribution in [2.24, 2.45) is 11.8 Å². The minimum absolute atomic E-state index is 0.0152. The molecule has 3 aromatic rings. The van der Waals surface area contributed by atoms with Gasteiger partial charge in [0.25, 0.3) is 5.91 Å². The van der Waals surface area contributed by atoms with Gasteiger partial charge in [0.15, 0.2) is 0 Å². The Bertz CT molecular complexity index is 1150. The van der Waals surface area contributed by atoms with Crippen LogP contribution in [0.5, 0.6) is 0 Å². The Balaban J connectivity index is 1.56. The summed E-state index contributed by atoms with van der Waals surface area (Å²) >= 11 is 7.45. The number of aliphatic carboxylic acids is 1. The first kappa shape index (κ1) is 22.5. The number of nitrogens with one attached hydrogen (secondary N) is 1. The summed E-state index contributed by atoms with van der Waals surface area (Å²) < 4.78 is 0.984. The van der Waals surface area contributed by atoms with Crippen molar-refractivity contribution in [3.63, 3.8) is 0 Å². The molecular weight excluding hydrogens is 446 g/mol. The van der Waals surface area contributed by atoms with Crippen molar-refractivity contribution in [3.05, 3.63) is 64.0 Å². The molecule has 2 unspecified atom stereocenters. The second kappa shape index (κ2) is 9.84. The number of hydrogen-bond donors (Lipinski definition) is 2. The highest BCUT2D eigenvalue weighted by molar-refractivity contribution is 7.19. The number of amides is 1. The Labute approximate surface area is 195 Å². The van der Waals surface area contributed by atoms with Crippen molar-refractivity contribution >= 4 is 56.4 Å². The van der Waals surface area contributed by atoms with Crippen LogP contribution in [-0.2, 0) is 16.0 Å². The molecule has 1 heterocycles. The third kappa shape index (κ3) is 4.87. The first-order valence-electron chi connectivity index (χ1n) is 10.8. The van der Waals surface area contributed by atoms with Crippen molar-refractivity contribution in [3.8, 4) is 0 Å². The first-order chi connectivity index (χ1) is 15.4. The second-order valence-corrected chi connectivity index (χ2v) is 9.73. The molecule has 5 nitrogen and oxygen atoms in total. The number of benzene rings is 2. The zero-order valence-corrected chi connectivity index (χ0v) is 19.0. The molecule has 0 radical (unpaired) electrons. The molecule has 2 N–H and O–H groups in total. The number of halogens is 1. The summed E-state index contributed by atoms with van der Waals surface area (Å²) in [7, 11) is 0. The van der Waals surface area contributed by atoms with Gasteiger partial charge in [0.1, 0.15) is 5.78 Å². The number of hydrogen-bond acceptors (Lipinski definition) is 4. The molecule has 0 saturated heterocycles. The van der Waals surface area contributed by atoms with Gasteiger partial charge in [-0.15, -0.1) is 11.3 Å². The molecule has 1 aromatic heterocycles. The van der Waals surface area contributed by atoms with Gasteiger partial charge in [-0.05, 0) is 49.6 Å². The van der Waals surface area contributed by atoms with Gasteiger partial charge in [-0.2, -0.15) is 0 Å². The van der Waals surface area contributed by atoms with Crippen LogP contribution in [0.15, 0.2) is 48.5 Å². The Morgan fingerprint density at radius 3 is 2.41 bits per heavy atom. The molecule has 2 aromatic carbocycles. The number of rotatable bonds is 7. The van der Waals surface area contributed by atoms with Crippen LogP contribution < -0.4 is 5.32 Å². The Morgan fingerprint density at radius 1 is 1.00 bits per heavy atom. The zero-order valence-electron chi connectivity index (χ0n) is 17.5. The molecular formula is C25H24ClNO4S. The van der Waals surface area contributed by atoms with E-state index in [-0.39, 0.29) is 18.1 Å². The molecule has 32 heavy (non-hydrogen) atoms. The van der Waals surface area contributed by atoms with Crippen molar-refractivity contribution in [1.29, 1.82) is 0 Å². The van der Waals surface area contributed by atoms with E-state index >= 15 is 0 Å². The summed E-state index contributed by atoms with van der Waals surface area (Å²) in [5.74, 6) is -2.15. The summed E-state index contributed by atoms with van der Waals surface area (Å²) in [6, 6.07) is 14.6. The minimum atomic E-state index is -0.882. The number of carbonyl (C=O) groups excluding carboxylic acids is 2. The number of carboxylic acids is 1. The molecule has 1 aliphatic carbocycles. The quantitative estimate of drug-likeness (QED) is 0.431. The molecule has 7 heteroatoms. The molecule has 166 valence electrons. The summed E-state index contributed by atoms with van der Waals surface area (Å²) in [5, 5.41) is 13.9. The van der Waals surface area contributed by atoms with E-state index in [2.05, 4.69) is 5.32 Å². The molecule has 1 saturated carbocycles. The molecule has 1 amide bonds. The van der Waals surface area contributed by atoms with Gasteiger partial charge in [0.2, 0.25) is 0 Å². The monoisotopic (exact) mass is 469 g/mol. The lowest BCUT2D eigenvalue weighted by Crippen LogP contribution is -2.32. The summed E-state index contributed by atoms with van der Waals surface area (Å²) in [4.78, 5) is 38.5. The summed E-state index contributed by atoms with van der Waals surface area (Å²) in [6.45, 7) is 0. The van der Waals surface area contributed by atoms with Crippen LogP contribution in [0, 0.1) is 11.8 Å². The van der Waals surface area contributed by atoms with Crippen molar-refractivity contribution in [2.45, 2.75) is 38.5 Å². The number of fused-ring (bicyclic) bond motifs is 1. The highest BCUT2D eigenvalue weighted by Crippen LogP contribution is 2.35. The molecule has 1 aliphatic rings. The molecule has 0 bridgehead atoms. The van der Waals surface area contributed by atoms with Crippen LogP contribution in [-0.4, -0.2) is 22.8 Å². The van der Waals surface area contributed by atoms with E-state index in [4.69, 9.17) is 11.6 Å². The average molecular weight is 470 g/mol. The standard InChI is InChI=1S/C25H24ClNO4S/c26-15-9-11-16(12-10-15)27-24(29)23-19-7-3-4-8-21(19)32-22(23)14-13-20(28)17-5-1-2-6-18(17)25(30)31/h3-4,7-12,17-18H,1-2,5-6,13-14H2,(H,27,29)(H,30,31). The van der Waals surface area contributed by atoms with Gasteiger partial charge in [-0.1, -0.05) is 42.6 Å². The van der Waals surface area contributed by atoms with Gasteiger partial charge in [-0.25, -0.2) is 0 Å². The van der Waals surface area contributed by atoms with Crippen LogP contribution in [0.4, 0.5) is 5.69 Å². The smallest absolute Gasteiger partial charge is 0.307 e. The van der Waals surface area contributed by atoms with E-state index in [1.54, 1.807) is 24.3 Å². The topological polar surface area (TPSA) is 83.5 Å². The number of carboxylic acid groups (broad SMARTS) is 1. The number of thiophene rings is 1. The van der Waals surface area contributed by atoms with E-state index in [0.29, 0.717) is 35.5 Å². The Hall–Kier alpha value is -2.70. The van der Waals surface area contributed by atoms with Crippen molar-refractivity contribution < 1.29 is 19.5 Å². The maximum atomic E-state index is 13.2. The summed E-state index contributed by atoms with van der Waals surface area (Å²) in [6.07, 6.45) is 3.59. The normalized spacial score (nSPS) is 18.4. The van der Waals surface area contributed by atoms with E-state index in [1.165, 1.54) is 11.3 Å². The number of ketones is 1. The number of Topliss-reactive ketones (excluding diaryl/α,β-unsaturated/α-hetero) is 1. The van der Waals surface area contributed by atoms with E-state index in [1.807, 2.05) is 24.3 Å². The van der Waals surface area contributed by atoms with Gasteiger partial charge < -0.3 is 10.4 Å². The number of aryl methyl sites for hydroxylation is 1. The van der Waals surface area contributed by atoms with E-state index in [9.17, 15) is 19.5 Å². The van der Waals surface area contributed by atoms with Crippen LogP contribution in [0.2, 0.25) is 5.02 Å². The Morgan fingerprint density at radius 2 is 1.69 bits per heavy atom. The fourth-order valence-electron chi connectivity index (χ4n) is 4.48. The van der Waals surface area contributed by atoms with E-state index < -0.39 is 17.8 Å². The SMILES string of the molecule is O=C(Nc1ccc(Cl)cc1)c1c(CCC(=O)C2CCCCC2C(=O)O)sc2ccccc12. The van der Waals surface area contributed by atoms with Gasteiger partial charge in [-0.3, -0.25) is 14.4 Å². The molecule has 4 rings (SSSR count). The highest BCUT2D eigenvalue weighted by Gasteiger charge is 2.35.